The molecule has 3 nitrogen and oxygen atoms in total. The maximum atomic E-state index is 5.90. The SMILES string of the molecule is ClC1=C2C(I)C=NC2N=CN1. The average molecular weight is 281 g/mol. The summed E-state index contributed by atoms with van der Waals surface area (Å²) in [4.78, 5) is 8.29. The summed E-state index contributed by atoms with van der Waals surface area (Å²) in [5.74, 6) is 0. The summed E-state index contributed by atoms with van der Waals surface area (Å²) < 4.78 is 0.287. The van der Waals surface area contributed by atoms with Crippen LogP contribution >= 0.6 is 34.2 Å². The van der Waals surface area contributed by atoms with Gasteiger partial charge in [0.2, 0.25) is 0 Å². The Hall–Kier alpha value is -0.100. The van der Waals surface area contributed by atoms with E-state index in [9.17, 15) is 0 Å². The summed E-state index contributed by atoms with van der Waals surface area (Å²) in [5, 5.41) is 3.52. The Morgan fingerprint density at radius 2 is 2.36 bits per heavy atom. The Kier molecular flexibility index (Phi) is 1.88. The number of alkyl halides is 1. The summed E-state index contributed by atoms with van der Waals surface area (Å²) in [6.45, 7) is 0. The molecule has 0 radical (unpaired) electrons. The molecule has 0 aromatic rings. The van der Waals surface area contributed by atoms with Crippen molar-refractivity contribution >= 4 is 46.7 Å². The van der Waals surface area contributed by atoms with Crippen molar-refractivity contribution in [2.45, 2.75) is 10.1 Å². The van der Waals surface area contributed by atoms with Gasteiger partial charge in [0, 0.05) is 11.8 Å². The van der Waals surface area contributed by atoms with Crippen LogP contribution in [0.5, 0.6) is 0 Å². The van der Waals surface area contributed by atoms with E-state index in [1.165, 1.54) is 0 Å². The number of hydrogen-bond acceptors (Lipinski definition) is 3. The molecule has 2 heterocycles. The predicted molar refractivity (Wildman–Crippen MR) is 54.6 cm³/mol. The van der Waals surface area contributed by atoms with Crippen LogP contribution in [0.25, 0.3) is 0 Å². The van der Waals surface area contributed by atoms with Gasteiger partial charge < -0.3 is 5.32 Å². The van der Waals surface area contributed by atoms with Gasteiger partial charge in [-0.2, -0.15) is 0 Å². The Balaban J connectivity index is 2.39. The fraction of sp³-hybridized carbons (Fsp3) is 0.333. The summed E-state index contributed by atoms with van der Waals surface area (Å²) >= 11 is 8.18. The third kappa shape index (κ3) is 1.18. The second kappa shape index (κ2) is 2.75. The van der Waals surface area contributed by atoms with E-state index in [2.05, 4.69) is 37.9 Å². The van der Waals surface area contributed by atoms with Gasteiger partial charge in [0.05, 0.1) is 10.3 Å². The van der Waals surface area contributed by atoms with Gasteiger partial charge in [0.15, 0.2) is 6.17 Å². The molecule has 5 heteroatoms. The van der Waals surface area contributed by atoms with Crippen molar-refractivity contribution in [3.63, 3.8) is 0 Å². The summed E-state index contributed by atoms with van der Waals surface area (Å²) in [5.41, 5.74) is 1.06. The molecule has 0 aromatic carbocycles. The Morgan fingerprint density at radius 1 is 1.55 bits per heavy atom. The molecule has 1 N–H and O–H groups in total. The van der Waals surface area contributed by atoms with Crippen LogP contribution in [0, 0.1) is 0 Å². The molecule has 2 aliphatic rings. The molecular weight excluding hydrogens is 276 g/mol. The van der Waals surface area contributed by atoms with E-state index in [0.717, 1.165) is 5.57 Å². The minimum Gasteiger partial charge on any atom is -0.337 e. The zero-order valence-electron chi connectivity index (χ0n) is 5.46. The van der Waals surface area contributed by atoms with Crippen LogP contribution in [-0.2, 0) is 0 Å². The molecular formula is C6H5ClIN3. The van der Waals surface area contributed by atoms with E-state index in [0.29, 0.717) is 5.16 Å². The van der Waals surface area contributed by atoms with Crippen molar-refractivity contribution in [3.05, 3.63) is 10.7 Å². The number of aliphatic imine (C=N–C) groups is 2. The van der Waals surface area contributed by atoms with Gasteiger partial charge in [-0.1, -0.05) is 34.2 Å². The number of nitrogens with one attached hydrogen (secondary N) is 1. The molecule has 2 unspecified atom stereocenters. The minimum atomic E-state index is -0.0642. The average Bonchev–Trinajstić information content (AvgIpc) is 2.34. The zero-order chi connectivity index (χ0) is 7.84. The number of halogens is 2. The third-order valence-corrected chi connectivity index (χ3v) is 2.91. The summed E-state index contributed by atoms with van der Waals surface area (Å²) in [6.07, 6.45) is 3.39. The molecule has 2 rings (SSSR count). The third-order valence-electron chi connectivity index (χ3n) is 1.59. The van der Waals surface area contributed by atoms with E-state index < -0.39 is 0 Å². The highest BCUT2D eigenvalue weighted by atomic mass is 127. The molecule has 0 amide bonds. The minimum absolute atomic E-state index is 0.0642. The van der Waals surface area contributed by atoms with Gasteiger partial charge in [-0.3, -0.25) is 4.99 Å². The lowest BCUT2D eigenvalue weighted by Gasteiger charge is -2.14. The maximum absolute atomic E-state index is 5.90. The van der Waals surface area contributed by atoms with E-state index in [-0.39, 0.29) is 10.1 Å². The highest BCUT2D eigenvalue weighted by molar-refractivity contribution is 14.1. The van der Waals surface area contributed by atoms with Crippen LogP contribution < -0.4 is 5.32 Å². The number of rotatable bonds is 0. The summed E-state index contributed by atoms with van der Waals surface area (Å²) in [7, 11) is 0. The van der Waals surface area contributed by atoms with Gasteiger partial charge >= 0.3 is 0 Å². The fourth-order valence-electron chi connectivity index (χ4n) is 1.06. The van der Waals surface area contributed by atoms with Crippen LogP contribution in [-0.4, -0.2) is 22.6 Å². The smallest absolute Gasteiger partial charge is 0.166 e. The van der Waals surface area contributed by atoms with Crippen LogP contribution in [0.2, 0.25) is 0 Å². The van der Waals surface area contributed by atoms with Crippen molar-refractivity contribution < 1.29 is 0 Å². The van der Waals surface area contributed by atoms with E-state index in [1.54, 1.807) is 6.34 Å². The molecule has 0 aromatic heterocycles. The lowest BCUT2D eigenvalue weighted by Crippen LogP contribution is -2.22. The van der Waals surface area contributed by atoms with Crippen LogP contribution in [0.3, 0.4) is 0 Å². The van der Waals surface area contributed by atoms with Gasteiger partial charge in [-0.25, -0.2) is 4.99 Å². The maximum Gasteiger partial charge on any atom is 0.166 e. The first-order chi connectivity index (χ1) is 5.29. The molecule has 0 fully saturated rings. The monoisotopic (exact) mass is 281 g/mol. The molecule has 0 saturated carbocycles. The van der Waals surface area contributed by atoms with Gasteiger partial charge in [0.25, 0.3) is 0 Å². The van der Waals surface area contributed by atoms with Crippen molar-refractivity contribution in [3.8, 4) is 0 Å². The first-order valence-corrected chi connectivity index (χ1v) is 4.76. The Labute approximate surface area is 82.8 Å². The molecule has 11 heavy (non-hydrogen) atoms. The van der Waals surface area contributed by atoms with E-state index in [1.807, 2.05) is 6.21 Å². The second-order valence-electron chi connectivity index (χ2n) is 2.27. The molecule has 58 valence electrons. The normalized spacial score (nSPS) is 34.0. The number of fused-ring (bicyclic) bond motifs is 1. The highest BCUT2D eigenvalue weighted by Gasteiger charge is 2.28. The first kappa shape index (κ1) is 7.54. The quantitative estimate of drug-likeness (QED) is 0.405. The highest BCUT2D eigenvalue weighted by Crippen LogP contribution is 2.29. The van der Waals surface area contributed by atoms with E-state index >= 15 is 0 Å². The number of nitrogens with zero attached hydrogens (tertiary/aromatic N) is 2. The fourth-order valence-corrected chi connectivity index (χ4v) is 2.33. The van der Waals surface area contributed by atoms with Gasteiger partial charge in [0.1, 0.15) is 5.16 Å². The molecule has 0 spiro atoms. The van der Waals surface area contributed by atoms with E-state index in [4.69, 9.17) is 11.6 Å². The second-order valence-corrected chi connectivity index (χ2v) is 3.99. The first-order valence-electron chi connectivity index (χ1n) is 3.14. The molecule has 0 bridgehead atoms. The van der Waals surface area contributed by atoms with Crippen molar-refractivity contribution in [1.82, 2.24) is 5.32 Å². The predicted octanol–water partition coefficient (Wildman–Crippen LogP) is 1.28. The topological polar surface area (TPSA) is 36.8 Å². The Bertz CT molecular complexity index is 271. The lowest BCUT2D eigenvalue weighted by atomic mass is 10.2. The molecule has 0 saturated heterocycles. The van der Waals surface area contributed by atoms with Crippen molar-refractivity contribution in [2.75, 3.05) is 0 Å². The standard InChI is InChI=1S/C6H5ClIN3/c7-5-4-3(8)1-9-6(4)11-2-10-5/h1-3,6H,(H,10,11). The lowest BCUT2D eigenvalue weighted by molar-refractivity contribution is 0.820. The van der Waals surface area contributed by atoms with Gasteiger partial charge in [-0.15, -0.1) is 0 Å². The van der Waals surface area contributed by atoms with Gasteiger partial charge in [-0.05, 0) is 0 Å². The largest absolute Gasteiger partial charge is 0.337 e. The molecule has 0 aliphatic carbocycles. The molecule has 2 atom stereocenters. The van der Waals surface area contributed by atoms with Crippen LogP contribution in [0.1, 0.15) is 0 Å². The Morgan fingerprint density at radius 3 is 3.09 bits per heavy atom. The van der Waals surface area contributed by atoms with Crippen molar-refractivity contribution in [2.24, 2.45) is 9.98 Å². The van der Waals surface area contributed by atoms with Crippen LogP contribution in [0.15, 0.2) is 20.7 Å². The summed E-state index contributed by atoms with van der Waals surface area (Å²) in [6, 6.07) is 0. The molecule has 2 aliphatic heterocycles. The van der Waals surface area contributed by atoms with Crippen LogP contribution in [0.4, 0.5) is 0 Å². The zero-order valence-corrected chi connectivity index (χ0v) is 8.37. The number of hydrogen-bond donors (Lipinski definition) is 1. The van der Waals surface area contributed by atoms with Crippen molar-refractivity contribution in [1.29, 1.82) is 0 Å².